The molecule has 0 aliphatic carbocycles. The van der Waals surface area contributed by atoms with E-state index in [9.17, 15) is 13.2 Å². The Morgan fingerprint density at radius 3 is 2.73 bits per heavy atom. The second-order valence-corrected chi connectivity index (χ2v) is 9.39. The molecule has 0 atom stereocenters. The number of rotatable bonds is 4. The van der Waals surface area contributed by atoms with Crippen LogP contribution >= 0.6 is 11.3 Å². The number of aryl methyl sites for hydroxylation is 1. The summed E-state index contributed by atoms with van der Waals surface area (Å²) in [7, 11) is -0.227. The molecule has 0 unspecified atom stereocenters. The number of likely N-dealkylation sites (N-methyl/N-ethyl adjacent to an activating group) is 1. The predicted octanol–water partition coefficient (Wildman–Crippen LogP) is 1.91. The molecule has 1 aromatic heterocycles. The molecule has 0 saturated heterocycles. The first-order chi connectivity index (χ1) is 12.2. The van der Waals surface area contributed by atoms with Crippen LogP contribution in [0, 0.1) is 13.8 Å². The van der Waals surface area contributed by atoms with Crippen molar-refractivity contribution in [2.75, 3.05) is 26.0 Å². The number of carbonyl (C=O) groups is 1. The molecule has 1 amide bonds. The Morgan fingerprint density at radius 1 is 1.31 bits per heavy atom. The van der Waals surface area contributed by atoms with Gasteiger partial charge in [0.15, 0.2) is 5.13 Å². The fraction of sp³-hybridized carbons (Fsp3) is 0.412. The molecule has 26 heavy (non-hydrogen) atoms. The van der Waals surface area contributed by atoms with Crippen LogP contribution in [0.1, 0.15) is 32.1 Å². The molecule has 1 aliphatic heterocycles. The SMILES string of the molecule is CNS(=O)(=O)c1cc(C(=O)Nc2nc3c(s2)CN(C)CC3)cc(C)c1C. The number of hydrogen-bond donors (Lipinski definition) is 2. The van der Waals surface area contributed by atoms with E-state index in [0.717, 1.165) is 35.6 Å². The summed E-state index contributed by atoms with van der Waals surface area (Å²) in [6.07, 6.45) is 0.867. The quantitative estimate of drug-likeness (QED) is 0.827. The van der Waals surface area contributed by atoms with Gasteiger partial charge in [-0.15, -0.1) is 11.3 Å². The first-order valence-electron chi connectivity index (χ1n) is 8.24. The number of sulfonamides is 1. The molecular weight excluding hydrogens is 372 g/mol. The zero-order valence-electron chi connectivity index (χ0n) is 15.2. The van der Waals surface area contributed by atoms with Gasteiger partial charge in [0, 0.05) is 30.0 Å². The number of nitrogens with one attached hydrogen (secondary N) is 2. The average Bonchev–Trinajstić information content (AvgIpc) is 2.98. The van der Waals surface area contributed by atoms with Crippen molar-refractivity contribution in [3.63, 3.8) is 0 Å². The standard InChI is InChI=1S/C17H22N4O3S2/c1-10-7-12(8-15(11(10)2)26(23,24)18-3)16(22)20-17-19-13-5-6-21(4)9-14(13)25-17/h7-8,18H,5-6,9H2,1-4H3,(H,19,20,22). The molecule has 2 heterocycles. The van der Waals surface area contributed by atoms with Crippen LogP contribution in [0.25, 0.3) is 0 Å². The van der Waals surface area contributed by atoms with E-state index in [1.165, 1.54) is 24.5 Å². The van der Waals surface area contributed by atoms with Crippen LogP contribution in [0.15, 0.2) is 17.0 Å². The van der Waals surface area contributed by atoms with E-state index in [4.69, 9.17) is 0 Å². The normalized spacial score (nSPS) is 14.9. The van der Waals surface area contributed by atoms with Gasteiger partial charge in [0.25, 0.3) is 5.91 Å². The van der Waals surface area contributed by atoms with Crippen molar-refractivity contribution in [2.45, 2.75) is 31.7 Å². The molecule has 7 nitrogen and oxygen atoms in total. The summed E-state index contributed by atoms with van der Waals surface area (Å²) in [5, 5.41) is 3.36. The molecule has 3 rings (SSSR count). The molecule has 0 saturated carbocycles. The van der Waals surface area contributed by atoms with Gasteiger partial charge in [0.1, 0.15) is 0 Å². The van der Waals surface area contributed by atoms with Gasteiger partial charge in [-0.1, -0.05) is 0 Å². The predicted molar refractivity (Wildman–Crippen MR) is 102 cm³/mol. The Kier molecular flexibility index (Phi) is 5.16. The Hall–Kier alpha value is -1.81. The average molecular weight is 395 g/mol. The molecule has 0 fully saturated rings. The van der Waals surface area contributed by atoms with Crippen molar-refractivity contribution in [1.82, 2.24) is 14.6 Å². The second-order valence-electron chi connectivity index (χ2n) is 6.45. The number of thiazole rings is 1. The third-order valence-electron chi connectivity index (χ3n) is 4.58. The minimum atomic E-state index is -3.64. The van der Waals surface area contributed by atoms with Gasteiger partial charge in [-0.2, -0.15) is 0 Å². The van der Waals surface area contributed by atoms with E-state index in [-0.39, 0.29) is 10.8 Å². The van der Waals surface area contributed by atoms with Crippen LogP contribution in [-0.4, -0.2) is 44.8 Å². The maximum absolute atomic E-state index is 12.7. The van der Waals surface area contributed by atoms with Crippen LogP contribution in [0.5, 0.6) is 0 Å². The molecule has 1 aliphatic rings. The van der Waals surface area contributed by atoms with Crippen LogP contribution < -0.4 is 10.0 Å². The maximum Gasteiger partial charge on any atom is 0.257 e. The molecule has 2 N–H and O–H groups in total. The number of anilines is 1. The summed E-state index contributed by atoms with van der Waals surface area (Å²) >= 11 is 1.47. The van der Waals surface area contributed by atoms with Gasteiger partial charge >= 0.3 is 0 Å². The van der Waals surface area contributed by atoms with Crippen LogP contribution in [-0.2, 0) is 23.0 Å². The van der Waals surface area contributed by atoms with E-state index in [2.05, 4.69) is 27.0 Å². The molecule has 0 radical (unpaired) electrons. The number of carbonyl (C=O) groups excluding carboxylic acids is 1. The molecule has 2 aromatic rings. The monoisotopic (exact) mass is 394 g/mol. The molecule has 0 bridgehead atoms. The molecular formula is C17H22N4O3S2. The van der Waals surface area contributed by atoms with Gasteiger partial charge in [0.2, 0.25) is 10.0 Å². The van der Waals surface area contributed by atoms with E-state index < -0.39 is 10.0 Å². The fourth-order valence-electron chi connectivity index (χ4n) is 2.89. The zero-order valence-corrected chi connectivity index (χ0v) is 16.8. The van der Waals surface area contributed by atoms with E-state index in [1.54, 1.807) is 19.9 Å². The number of benzene rings is 1. The largest absolute Gasteiger partial charge is 0.301 e. The zero-order chi connectivity index (χ0) is 19.1. The second kappa shape index (κ2) is 7.07. The highest BCUT2D eigenvalue weighted by Gasteiger charge is 2.22. The number of hydrogen-bond acceptors (Lipinski definition) is 6. The summed E-state index contributed by atoms with van der Waals surface area (Å²) in [5.74, 6) is -0.361. The Bertz CT molecular complexity index is 967. The highest BCUT2D eigenvalue weighted by atomic mass is 32.2. The summed E-state index contributed by atoms with van der Waals surface area (Å²) in [6, 6.07) is 3.10. The summed E-state index contributed by atoms with van der Waals surface area (Å²) in [4.78, 5) is 20.6. The van der Waals surface area contributed by atoms with Crippen LogP contribution in [0.4, 0.5) is 5.13 Å². The number of amides is 1. The van der Waals surface area contributed by atoms with Crippen molar-refractivity contribution in [1.29, 1.82) is 0 Å². The van der Waals surface area contributed by atoms with Crippen molar-refractivity contribution in [2.24, 2.45) is 0 Å². The lowest BCUT2D eigenvalue weighted by Crippen LogP contribution is -2.25. The third kappa shape index (κ3) is 3.66. The van der Waals surface area contributed by atoms with Gasteiger partial charge in [-0.3, -0.25) is 10.1 Å². The summed E-state index contributed by atoms with van der Waals surface area (Å²) < 4.78 is 26.7. The first kappa shape index (κ1) is 19.0. The number of aromatic nitrogens is 1. The molecule has 140 valence electrons. The Balaban J connectivity index is 1.89. The van der Waals surface area contributed by atoms with Crippen molar-refractivity contribution < 1.29 is 13.2 Å². The van der Waals surface area contributed by atoms with Gasteiger partial charge in [-0.25, -0.2) is 18.1 Å². The van der Waals surface area contributed by atoms with Gasteiger partial charge < -0.3 is 4.90 Å². The first-order valence-corrected chi connectivity index (χ1v) is 10.5. The highest BCUT2D eigenvalue weighted by molar-refractivity contribution is 7.89. The minimum absolute atomic E-state index is 0.116. The van der Waals surface area contributed by atoms with Gasteiger partial charge in [0.05, 0.1) is 10.6 Å². The number of nitrogens with zero attached hydrogens (tertiary/aromatic N) is 2. The lowest BCUT2D eigenvalue weighted by atomic mass is 10.1. The van der Waals surface area contributed by atoms with Crippen molar-refractivity contribution >= 4 is 32.4 Å². The third-order valence-corrected chi connectivity index (χ3v) is 7.12. The lowest BCUT2D eigenvalue weighted by molar-refractivity contribution is 0.102. The Labute approximate surface area is 157 Å². The van der Waals surface area contributed by atoms with E-state index in [1.807, 2.05) is 0 Å². The van der Waals surface area contributed by atoms with Crippen LogP contribution in [0.3, 0.4) is 0 Å². The summed E-state index contributed by atoms with van der Waals surface area (Å²) in [6.45, 7) is 5.30. The topological polar surface area (TPSA) is 91.4 Å². The maximum atomic E-state index is 12.7. The van der Waals surface area contributed by atoms with E-state index >= 15 is 0 Å². The summed E-state index contributed by atoms with van der Waals surface area (Å²) in [5.41, 5.74) is 2.70. The highest BCUT2D eigenvalue weighted by Crippen LogP contribution is 2.28. The molecule has 0 spiro atoms. The molecule has 9 heteroatoms. The minimum Gasteiger partial charge on any atom is -0.301 e. The fourth-order valence-corrected chi connectivity index (χ4v) is 5.04. The number of fused-ring (bicyclic) bond motifs is 1. The molecule has 1 aromatic carbocycles. The van der Waals surface area contributed by atoms with Crippen molar-refractivity contribution in [3.8, 4) is 0 Å². The Morgan fingerprint density at radius 2 is 2.04 bits per heavy atom. The van der Waals surface area contributed by atoms with Gasteiger partial charge in [-0.05, 0) is 51.2 Å². The van der Waals surface area contributed by atoms with Crippen LogP contribution in [0.2, 0.25) is 0 Å². The lowest BCUT2D eigenvalue weighted by Gasteiger charge is -2.20. The van der Waals surface area contributed by atoms with Crippen molar-refractivity contribution in [3.05, 3.63) is 39.4 Å². The smallest absolute Gasteiger partial charge is 0.257 e. The van der Waals surface area contributed by atoms with E-state index in [0.29, 0.717) is 16.3 Å².